The van der Waals surface area contributed by atoms with Gasteiger partial charge in [-0.25, -0.2) is 13.1 Å². The van der Waals surface area contributed by atoms with E-state index in [0.717, 1.165) is 19.3 Å². The number of nitrogens with one attached hydrogen (secondary N) is 2. The van der Waals surface area contributed by atoms with Crippen LogP contribution in [0, 0.1) is 0 Å². The molecule has 0 spiro atoms. The van der Waals surface area contributed by atoms with Crippen LogP contribution in [0.25, 0.3) is 0 Å². The zero-order valence-electron chi connectivity index (χ0n) is 10.1. The first-order valence-corrected chi connectivity index (χ1v) is 7.25. The monoisotopic (exact) mass is 275 g/mol. The van der Waals surface area contributed by atoms with Gasteiger partial charge in [0.25, 0.3) is 10.0 Å². The molecule has 8 heteroatoms. The Morgan fingerprint density at radius 2 is 2.39 bits per heavy atom. The Bertz CT molecular complexity index is 499. The summed E-state index contributed by atoms with van der Waals surface area (Å²) in [7, 11) is -2.12. The van der Waals surface area contributed by atoms with Gasteiger partial charge in [-0.2, -0.15) is 5.10 Å². The van der Waals surface area contributed by atoms with E-state index < -0.39 is 10.0 Å². The summed E-state index contributed by atoms with van der Waals surface area (Å²) in [5, 5.41) is 15.0. The molecule has 1 heterocycles. The number of hydrogen-bond acceptors (Lipinski definition) is 5. The molecule has 0 aliphatic heterocycles. The van der Waals surface area contributed by atoms with Crippen LogP contribution in [-0.4, -0.2) is 43.0 Å². The van der Waals surface area contributed by atoms with Gasteiger partial charge in [-0.05, 0) is 19.3 Å². The van der Waals surface area contributed by atoms with Gasteiger partial charge in [0.2, 0.25) is 0 Å². The summed E-state index contributed by atoms with van der Waals surface area (Å²) in [6.07, 6.45) is 3.73. The third-order valence-corrected chi connectivity index (χ3v) is 4.68. The molecule has 0 bridgehead atoms. The smallest absolute Gasteiger partial charge is 0.258 e. The van der Waals surface area contributed by atoms with Gasteiger partial charge < -0.3 is 9.84 Å². The summed E-state index contributed by atoms with van der Waals surface area (Å²) in [5.74, 6) is 0. The van der Waals surface area contributed by atoms with E-state index in [4.69, 9.17) is 9.84 Å². The van der Waals surface area contributed by atoms with E-state index in [9.17, 15) is 8.42 Å². The summed E-state index contributed by atoms with van der Waals surface area (Å²) in [4.78, 5) is 0. The number of aromatic nitrogens is 2. The minimum atomic E-state index is -3.69. The normalized spacial score (nSPS) is 24.6. The fourth-order valence-electron chi connectivity index (χ4n) is 2.25. The minimum Gasteiger partial charge on any atom is -0.392 e. The van der Waals surface area contributed by atoms with Crippen molar-refractivity contribution in [1.29, 1.82) is 0 Å². The highest BCUT2D eigenvalue weighted by Crippen LogP contribution is 2.23. The second-order valence-corrected chi connectivity index (χ2v) is 5.97. The number of aliphatic hydroxyl groups is 1. The van der Waals surface area contributed by atoms with E-state index >= 15 is 0 Å². The van der Waals surface area contributed by atoms with E-state index in [0.29, 0.717) is 0 Å². The molecule has 102 valence electrons. The van der Waals surface area contributed by atoms with Gasteiger partial charge in [0.05, 0.1) is 18.9 Å². The van der Waals surface area contributed by atoms with Crippen molar-refractivity contribution >= 4 is 10.0 Å². The van der Waals surface area contributed by atoms with Crippen LogP contribution in [-0.2, 0) is 21.4 Å². The Hall–Kier alpha value is -0.960. The molecule has 0 radical (unpaired) electrons. The molecular formula is C10H17N3O4S. The molecule has 7 nitrogen and oxygen atoms in total. The number of sulfonamides is 1. The first-order chi connectivity index (χ1) is 8.58. The Balaban J connectivity index is 2.17. The molecule has 1 aromatic heterocycles. The molecule has 2 atom stereocenters. The second kappa shape index (κ2) is 5.35. The first kappa shape index (κ1) is 13.5. The average Bonchev–Trinajstić information content (AvgIpc) is 2.95. The molecular weight excluding hydrogens is 258 g/mol. The Labute approximate surface area is 106 Å². The van der Waals surface area contributed by atoms with Crippen LogP contribution in [0.15, 0.2) is 11.2 Å². The van der Waals surface area contributed by atoms with E-state index in [1.807, 2.05) is 0 Å². The lowest BCUT2D eigenvalue weighted by atomic mass is 10.2. The van der Waals surface area contributed by atoms with Gasteiger partial charge in [-0.1, -0.05) is 0 Å². The molecule has 18 heavy (non-hydrogen) atoms. The molecule has 1 saturated carbocycles. The molecule has 2 unspecified atom stereocenters. The number of nitrogens with zero attached hydrogens (tertiary/aromatic N) is 1. The number of aliphatic hydroxyl groups excluding tert-OH is 1. The molecule has 1 aromatic rings. The summed E-state index contributed by atoms with van der Waals surface area (Å²) < 4.78 is 32.1. The highest BCUT2D eigenvalue weighted by atomic mass is 32.2. The molecule has 0 saturated heterocycles. The van der Waals surface area contributed by atoms with Crippen molar-refractivity contribution in [3.8, 4) is 0 Å². The number of methoxy groups -OCH3 is 1. The van der Waals surface area contributed by atoms with Gasteiger partial charge in [0.15, 0.2) is 5.03 Å². The third kappa shape index (κ3) is 2.56. The SMILES string of the molecule is COC1CCCC1NS(=O)(=O)c1[nH]ncc1CO. The van der Waals surface area contributed by atoms with Crippen molar-refractivity contribution in [3.63, 3.8) is 0 Å². The van der Waals surface area contributed by atoms with Crippen LogP contribution in [0.3, 0.4) is 0 Å². The van der Waals surface area contributed by atoms with Crippen molar-refractivity contribution in [2.75, 3.05) is 7.11 Å². The van der Waals surface area contributed by atoms with Gasteiger partial charge in [0, 0.05) is 18.7 Å². The van der Waals surface area contributed by atoms with E-state index in [2.05, 4.69) is 14.9 Å². The summed E-state index contributed by atoms with van der Waals surface area (Å²) >= 11 is 0. The quantitative estimate of drug-likeness (QED) is 0.687. The topological polar surface area (TPSA) is 104 Å². The van der Waals surface area contributed by atoms with Crippen LogP contribution in [0.4, 0.5) is 0 Å². The van der Waals surface area contributed by atoms with Crippen molar-refractivity contribution in [1.82, 2.24) is 14.9 Å². The number of ether oxygens (including phenoxy) is 1. The predicted molar refractivity (Wildman–Crippen MR) is 63.3 cm³/mol. The summed E-state index contributed by atoms with van der Waals surface area (Å²) in [5.41, 5.74) is 0.259. The fourth-order valence-corrected chi connectivity index (χ4v) is 3.67. The lowest BCUT2D eigenvalue weighted by Crippen LogP contribution is -2.41. The fraction of sp³-hybridized carbons (Fsp3) is 0.700. The molecule has 0 amide bonds. The van der Waals surface area contributed by atoms with Crippen LogP contribution in [0.2, 0.25) is 0 Å². The molecule has 1 aliphatic rings. The largest absolute Gasteiger partial charge is 0.392 e. The Kier molecular flexibility index (Phi) is 4.00. The first-order valence-electron chi connectivity index (χ1n) is 5.76. The Morgan fingerprint density at radius 3 is 3.06 bits per heavy atom. The van der Waals surface area contributed by atoms with E-state index in [-0.39, 0.29) is 29.3 Å². The zero-order chi connectivity index (χ0) is 13.2. The van der Waals surface area contributed by atoms with Gasteiger partial charge in [0.1, 0.15) is 0 Å². The molecule has 1 fully saturated rings. The molecule has 1 aliphatic carbocycles. The maximum atomic E-state index is 12.1. The van der Waals surface area contributed by atoms with Crippen molar-refractivity contribution in [2.24, 2.45) is 0 Å². The highest BCUT2D eigenvalue weighted by Gasteiger charge is 2.32. The van der Waals surface area contributed by atoms with Crippen LogP contribution >= 0.6 is 0 Å². The minimum absolute atomic E-state index is 0.0771. The van der Waals surface area contributed by atoms with Crippen molar-refractivity contribution in [3.05, 3.63) is 11.8 Å². The molecule has 0 aromatic carbocycles. The van der Waals surface area contributed by atoms with Crippen LogP contribution in [0.5, 0.6) is 0 Å². The van der Waals surface area contributed by atoms with Crippen LogP contribution in [0.1, 0.15) is 24.8 Å². The number of hydrogen-bond donors (Lipinski definition) is 3. The third-order valence-electron chi connectivity index (χ3n) is 3.18. The van der Waals surface area contributed by atoms with E-state index in [1.165, 1.54) is 6.20 Å². The van der Waals surface area contributed by atoms with Gasteiger partial charge in [-0.15, -0.1) is 0 Å². The molecule has 3 N–H and O–H groups in total. The number of aromatic amines is 1. The predicted octanol–water partition coefficient (Wildman–Crippen LogP) is -0.252. The van der Waals surface area contributed by atoms with Gasteiger partial charge >= 0.3 is 0 Å². The Morgan fingerprint density at radius 1 is 1.61 bits per heavy atom. The average molecular weight is 275 g/mol. The zero-order valence-corrected chi connectivity index (χ0v) is 10.9. The maximum absolute atomic E-state index is 12.1. The van der Waals surface area contributed by atoms with Crippen molar-refractivity contribution < 1.29 is 18.3 Å². The lowest BCUT2D eigenvalue weighted by Gasteiger charge is -2.19. The van der Waals surface area contributed by atoms with E-state index in [1.54, 1.807) is 7.11 Å². The standard InChI is InChI=1S/C10H17N3O4S/c1-17-9-4-2-3-8(9)13-18(15,16)10-7(6-14)5-11-12-10/h5,8-9,13-14H,2-4,6H2,1H3,(H,11,12). The summed E-state index contributed by atoms with van der Waals surface area (Å²) in [6.45, 7) is -0.370. The van der Waals surface area contributed by atoms with Crippen molar-refractivity contribution in [2.45, 2.75) is 43.0 Å². The molecule has 2 rings (SSSR count). The van der Waals surface area contributed by atoms with Crippen LogP contribution < -0.4 is 4.72 Å². The summed E-state index contributed by atoms with van der Waals surface area (Å²) in [6, 6.07) is -0.227. The second-order valence-electron chi connectivity index (χ2n) is 4.32. The van der Waals surface area contributed by atoms with Gasteiger partial charge in [-0.3, -0.25) is 5.10 Å². The highest BCUT2D eigenvalue weighted by molar-refractivity contribution is 7.89. The number of rotatable bonds is 5. The number of H-pyrrole nitrogens is 1. The lowest BCUT2D eigenvalue weighted by molar-refractivity contribution is 0.0916. The maximum Gasteiger partial charge on any atom is 0.258 e.